The quantitative estimate of drug-likeness (QED) is 0.278. The predicted octanol–water partition coefficient (Wildman–Crippen LogP) is 7.01. The van der Waals surface area contributed by atoms with Crippen LogP contribution in [-0.2, 0) is 11.4 Å². The van der Waals surface area contributed by atoms with Crippen molar-refractivity contribution in [3.8, 4) is 5.75 Å². The molecular formula is C30H32F3NO4. The van der Waals surface area contributed by atoms with Gasteiger partial charge in [0.15, 0.2) is 17.5 Å². The molecule has 5 nitrogen and oxygen atoms in total. The van der Waals surface area contributed by atoms with Gasteiger partial charge in [-0.25, -0.2) is 13.2 Å². The lowest BCUT2D eigenvalue weighted by Gasteiger charge is -2.23. The highest BCUT2D eigenvalue weighted by Crippen LogP contribution is 2.29. The Bertz CT molecular complexity index is 1300. The molecule has 8 heteroatoms. The molecule has 202 valence electrons. The number of aryl methyl sites for hydroxylation is 2. The van der Waals surface area contributed by atoms with E-state index in [0.29, 0.717) is 12.0 Å². The number of hydrogen-bond donors (Lipinski definition) is 2. The Kier molecular flexibility index (Phi) is 9.20. The molecule has 0 radical (unpaired) electrons. The normalized spacial score (nSPS) is 12.8. The summed E-state index contributed by atoms with van der Waals surface area (Å²) < 4.78 is 46.0. The van der Waals surface area contributed by atoms with E-state index >= 15 is 0 Å². The number of rotatable bonds is 10. The van der Waals surface area contributed by atoms with Gasteiger partial charge in [0.25, 0.3) is 5.91 Å². The van der Waals surface area contributed by atoms with Crippen LogP contribution in [-0.4, -0.2) is 17.0 Å². The Morgan fingerprint density at radius 3 is 2.08 bits per heavy atom. The monoisotopic (exact) mass is 527 g/mol. The topological polar surface area (TPSA) is 75.6 Å². The molecule has 0 heterocycles. The minimum absolute atomic E-state index is 0.0576. The minimum atomic E-state index is -1.57. The molecule has 2 N–H and O–H groups in total. The molecular weight excluding hydrogens is 495 g/mol. The van der Waals surface area contributed by atoms with Crippen molar-refractivity contribution in [2.45, 2.75) is 59.6 Å². The molecule has 0 fully saturated rings. The number of aliphatic carboxylic acids is 1. The predicted molar refractivity (Wildman–Crippen MR) is 139 cm³/mol. The molecule has 0 bridgehead atoms. The first-order valence-electron chi connectivity index (χ1n) is 12.4. The van der Waals surface area contributed by atoms with Crippen molar-refractivity contribution in [1.29, 1.82) is 0 Å². The number of ether oxygens (including phenoxy) is 1. The van der Waals surface area contributed by atoms with E-state index in [-0.39, 0.29) is 35.4 Å². The van der Waals surface area contributed by atoms with Crippen LogP contribution in [0, 0.1) is 37.2 Å². The maximum Gasteiger partial charge on any atom is 0.310 e. The number of hydrogen-bond acceptors (Lipinski definition) is 3. The highest BCUT2D eigenvalue weighted by Gasteiger charge is 2.25. The molecule has 38 heavy (non-hydrogen) atoms. The number of amides is 1. The zero-order valence-corrected chi connectivity index (χ0v) is 22.1. The van der Waals surface area contributed by atoms with Gasteiger partial charge in [-0.15, -0.1) is 0 Å². The molecule has 3 aromatic carbocycles. The van der Waals surface area contributed by atoms with E-state index in [2.05, 4.69) is 19.2 Å². The highest BCUT2D eigenvalue weighted by molar-refractivity contribution is 5.98. The Morgan fingerprint density at radius 1 is 0.921 bits per heavy atom. The van der Waals surface area contributed by atoms with Crippen molar-refractivity contribution in [3.05, 3.63) is 99.4 Å². The van der Waals surface area contributed by atoms with Gasteiger partial charge < -0.3 is 15.2 Å². The molecule has 2 atom stereocenters. The summed E-state index contributed by atoms with van der Waals surface area (Å²) in [5, 5.41) is 12.7. The summed E-state index contributed by atoms with van der Waals surface area (Å²) in [4.78, 5) is 25.3. The highest BCUT2D eigenvalue weighted by atomic mass is 19.2. The molecule has 2 unspecified atom stereocenters. The van der Waals surface area contributed by atoms with E-state index in [1.807, 2.05) is 32.0 Å². The third-order valence-electron chi connectivity index (χ3n) is 6.21. The van der Waals surface area contributed by atoms with Crippen molar-refractivity contribution in [2.75, 3.05) is 0 Å². The second-order valence-corrected chi connectivity index (χ2v) is 10.0. The molecule has 0 aliphatic carbocycles. The smallest absolute Gasteiger partial charge is 0.310 e. The van der Waals surface area contributed by atoms with E-state index < -0.39 is 35.2 Å². The Hall–Kier alpha value is -3.81. The number of carbonyl (C=O) groups is 2. The zero-order valence-electron chi connectivity index (χ0n) is 22.1. The third-order valence-corrected chi connectivity index (χ3v) is 6.21. The zero-order chi connectivity index (χ0) is 28.1. The fourth-order valence-corrected chi connectivity index (χ4v) is 4.39. The van der Waals surface area contributed by atoms with Crippen LogP contribution in [0.5, 0.6) is 5.75 Å². The number of halogens is 3. The molecule has 0 saturated heterocycles. The number of benzene rings is 3. The Labute approximate surface area is 220 Å². The fraction of sp³-hybridized carbons (Fsp3) is 0.333. The second kappa shape index (κ2) is 12.2. The SMILES string of the molecule is Cc1cc(C)cc(C(CC(C)C)NC(=O)c2cc(OCc3cc(F)c(F)c(F)c3)ccc2C(C)C(=O)O)c1. The van der Waals surface area contributed by atoms with E-state index in [1.54, 1.807) is 0 Å². The van der Waals surface area contributed by atoms with Crippen molar-refractivity contribution in [3.63, 3.8) is 0 Å². The van der Waals surface area contributed by atoms with Gasteiger partial charge in [-0.3, -0.25) is 9.59 Å². The van der Waals surface area contributed by atoms with Gasteiger partial charge in [-0.2, -0.15) is 0 Å². The molecule has 0 saturated carbocycles. The van der Waals surface area contributed by atoms with Gasteiger partial charge in [0.2, 0.25) is 0 Å². The first-order chi connectivity index (χ1) is 17.8. The fourth-order valence-electron chi connectivity index (χ4n) is 4.39. The summed E-state index contributed by atoms with van der Waals surface area (Å²) in [6, 6.07) is 11.8. The molecule has 3 aromatic rings. The lowest BCUT2D eigenvalue weighted by Crippen LogP contribution is -2.31. The van der Waals surface area contributed by atoms with Crippen LogP contribution in [0.4, 0.5) is 13.2 Å². The van der Waals surface area contributed by atoms with Crippen LogP contribution in [0.1, 0.15) is 77.3 Å². The van der Waals surface area contributed by atoms with Crippen molar-refractivity contribution < 1.29 is 32.6 Å². The van der Waals surface area contributed by atoms with Crippen LogP contribution in [0.2, 0.25) is 0 Å². The first-order valence-corrected chi connectivity index (χ1v) is 12.4. The second-order valence-electron chi connectivity index (χ2n) is 10.0. The Balaban J connectivity index is 1.94. The summed E-state index contributed by atoms with van der Waals surface area (Å²) in [6.45, 7) is 9.26. The summed E-state index contributed by atoms with van der Waals surface area (Å²) >= 11 is 0. The van der Waals surface area contributed by atoms with E-state index in [4.69, 9.17) is 4.74 Å². The lowest BCUT2D eigenvalue weighted by atomic mass is 9.92. The van der Waals surface area contributed by atoms with Crippen LogP contribution in [0.3, 0.4) is 0 Å². The van der Waals surface area contributed by atoms with Gasteiger partial charge in [-0.1, -0.05) is 49.2 Å². The van der Waals surface area contributed by atoms with Crippen molar-refractivity contribution >= 4 is 11.9 Å². The van der Waals surface area contributed by atoms with Crippen LogP contribution < -0.4 is 10.1 Å². The number of carbonyl (C=O) groups excluding carboxylic acids is 1. The minimum Gasteiger partial charge on any atom is -0.489 e. The van der Waals surface area contributed by atoms with Crippen molar-refractivity contribution in [1.82, 2.24) is 5.32 Å². The summed E-state index contributed by atoms with van der Waals surface area (Å²) in [7, 11) is 0. The van der Waals surface area contributed by atoms with Crippen LogP contribution >= 0.6 is 0 Å². The standard InChI is InChI=1S/C30H32F3NO4/c1-16(2)8-27(21-10-17(3)9-18(4)11-21)34-29(35)24-14-22(6-7-23(24)19(5)30(36)37)38-15-20-12-25(31)28(33)26(32)13-20/h6-7,9-14,16,19,27H,8,15H2,1-5H3,(H,34,35)(H,36,37). The summed E-state index contributed by atoms with van der Waals surface area (Å²) in [6.07, 6.45) is 0.663. The van der Waals surface area contributed by atoms with E-state index in [0.717, 1.165) is 28.8 Å². The van der Waals surface area contributed by atoms with Gasteiger partial charge >= 0.3 is 5.97 Å². The number of nitrogens with one attached hydrogen (secondary N) is 1. The lowest BCUT2D eigenvalue weighted by molar-refractivity contribution is -0.138. The molecule has 0 aromatic heterocycles. The van der Waals surface area contributed by atoms with Gasteiger partial charge in [0.05, 0.1) is 12.0 Å². The Morgan fingerprint density at radius 2 is 1.53 bits per heavy atom. The number of carboxylic acids is 1. The molecule has 0 spiro atoms. The molecule has 3 rings (SSSR count). The van der Waals surface area contributed by atoms with E-state index in [1.165, 1.54) is 25.1 Å². The van der Waals surface area contributed by atoms with Gasteiger partial charge in [-0.05, 0) is 74.1 Å². The van der Waals surface area contributed by atoms with Crippen LogP contribution in [0.25, 0.3) is 0 Å². The maximum absolute atomic E-state index is 13.6. The maximum atomic E-state index is 13.6. The van der Waals surface area contributed by atoms with Gasteiger partial charge in [0.1, 0.15) is 12.4 Å². The largest absolute Gasteiger partial charge is 0.489 e. The van der Waals surface area contributed by atoms with E-state index in [9.17, 15) is 27.9 Å². The first kappa shape index (κ1) is 28.8. The summed E-state index contributed by atoms with van der Waals surface area (Å²) in [5.74, 6) is -6.33. The van der Waals surface area contributed by atoms with Crippen molar-refractivity contribution in [2.24, 2.45) is 5.92 Å². The average molecular weight is 528 g/mol. The molecule has 0 aliphatic heterocycles. The summed E-state index contributed by atoms with van der Waals surface area (Å²) in [5.41, 5.74) is 3.55. The average Bonchev–Trinajstić information content (AvgIpc) is 2.84. The van der Waals surface area contributed by atoms with Crippen LogP contribution in [0.15, 0.2) is 48.5 Å². The third kappa shape index (κ3) is 7.15. The molecule has 1 amide bonds. The molecule has 0 aliphatic rings. The van der Waals surface area contributed by atoms with Gasteiger partial charge in [0, 0.05) is 5.56 Å². The number of carboxylic acid groups (broad SMARTS) is 1.